The number of amides is 1. The van der Waals surface area contributed by atoms with Crippen LogP contribution < -0.4 is 19.5 Å². The SMILES string of the molecule is COc1ccc(-c2noc(CNC(=O)COc3ccccc3Cl)n2)cc1OC. The first-order chi connectivity index (χ1) is 13.6. The normalized spacial score (nSPS) is 10.4. The third-order valence-electron chi connectivity index (χ3n) is 3.74. The van der Waals surface area contributed by atoms with Gasteiger partial charge in [-0.25, -0.2) is 0 Å². The molecule has 0 spiro atoms. The van der Waals surface area contributed by atoms with Gasteiger partial charge in [-0.3, -0.25) is 4.79 Å². The maximum atomic E-state index is 11.9. The van der Waals surface area contributed by atoms with Gasteiger partial charge in [0.05, 0.1) is 25.8 Å². The van der Waals surface area contributed by atoms with Gasteiger partial charge in [0.15, 0.2) is 18.1 Å². The fourth-order valence-corrected chi connectivity index (χ4v) is 2.54. The van der Waals surface area contributed by atoms with Gasteiger partial charge in [0.25, 0.3) is 5.91 Å². The standard InChI is InChI=1S/C19H18ClN3O5/c1-25-15-8-7-12(9-16(15)26-2)19-22-18(28-23-19)10-21-17(24)11-27-14-6-4-3-5-13(14)20/h3-9H,10-11H2,1-2H3,(H,21,24). The van der Waals surface area contributed by atoms with E-state index in [-0.39, 0.29) is 24.9 Å². The number of carbonyl (C=O) groups is 1. The number of carbonyl (C=O) groups excluding carboxylic acids is 1. The molecule has 0 saturated carbocycles. The molecule has 0 atom stereocenters. The molecule has 8 nitrogen and oxygen atoms in total. The number of nitrogens with zero attached hydrogens (tertiary/aromatic N) is 2. The largest absolute Gasteiger partial charge is 0.493 e. The minimum Gasteiger partial charge on any atom is -0.493 e. The summed E-state index contributed by atoms with van der Waals surface area (Å²) < 4.78 is 21.0. The van der Waals surface area contributed by atoms with Crippen LogP contribution in [0.3, 0.4) is 0 Å². The molecule has 0 saturated heterocycles. The third kappa shape index (κ3) is 4.72. The number of aromatic nitrogens is 2. The molecule has 1 aromatic heterocycles. The summed E-state index contributed by atoms with van der Waals surface area (Å²) in [6.45, 7) is -0.106. The summed E-state index contributed by atoms with van der Waals surface area (Å²) in [5, 5.41) is 7.00. The molecule has 1 amide bonds. The van der Waals surface area contributed by atoms with Crippen LogP contribution in [0.15, 0.2) is 47.0 Å². The maximum Gasteiger partial charge on any atom is 0.258 e. The first-order valence-corrected chi connectivity index (χ1v) is 8.67. The van der Waals surface area contributed by atoms with Crippen molar-refractivity contribution in [3.8, 4) is 28.6 Å². The molecule has 3 aromatic rings. The van der Waals surface area contributed by atoms with Gasteiger partial charge in [-0.15, -0.1) is 0 Å². The highest BCUT2D eigenvalue weighted by Gasteiger charge is 2.13. The molecule has 0 aliphatic carbocycles. The van der Waals surface area contributed by atoms with E-state index in [1.165, 1.54) is 0 Å². The average molecular weight is 404 g/mol. The summed E-state index contributed by atoms with van der Waals surface area (Å²) in [5.74, 6) is 1.88. The van der Waals surface area contributed by atoms with Gasteiger partial charge in [0, 0.05) is 5.56 Å². The van der Waals surface area contributed by atoms with Gasteiger partial charge in [-0.1, -0.05) is 28.9 Å². The van der Waals surface area contributed by atoms with Crippen molar-refractivity contribution in [3.63, 3.8) is 0 Å². The first-order valence-electron chi connectivity index (χ1n) is 8.29. The van der Waals surface area contributed by atoms with Crippen molar-refractivity contribution in [2.75, 3.05) is 20.8 Å². The number of hydrogen-bond acceptors (Lipinski definition) is 7. The van der Waals surface area contributed by atoms with Crippen LogP contribution in [-0.2, 0) is 11.3 Å². The van der Waals surface area contributed by atoms with Crippen LogP contribution in [0.4, 0.5) is 0 Å². The predicted octanol–water partition coefficient (Wildman–Crippen LogP) is 3.10. The van der Waals surface area contributed by atoms with Crippen LogP contribution in [-0.4, -0.2) is 36.9 Å². The number of halogens is 1. The van der Waals surface area contributed by atoms with Gasteiger partial charge < -0.3 is 24.1 Å². The molecule has 1 heterocycles. The number of hydrogen-bond donors (Lipinski definition) is 1. The fourth-order valence-electron chi connectivity index (χ4n) is 2.35. The second kappa shape index (κ2) is 9.09. The number of ether oxygens (including phenoxy) is 3. The monoisotopic (exact) mass is 403 g/mol. The summed E-state index contributed by atoms with van der Waals surface area (Å²) in [6.07, 6.45) is 0. The Morgan fingerprint density at radius 2 is 1.89 bits per heavy atom. The van der Waals surface area contributed by atoms with E-state index in [9.17, 15) is 4.79 Å². The molecule has 0 bridgehead atoms. The molecule has 2 aromatic carbocycles. The van der Waals surface area contributed by atoms with Gasteiger partial charge in [0.2, 0.25) is 11.7 Å². The predicted molar refractivity (Wildman–Crippen MR) is 102 cm³/mol. The lowest BCUT2D eigenvalue weighted by Crippen LogP contribution is -2.28. The average Bonchev–Trinajstić information content (AvgIpc) is 3.20. The van der Waals surface area contributed by atoms with Crippen molar-refractivity contribution in [2.24, 2.45) is 0 Å². The van der Waals surface area contributed by atoms with Crippen molar-refractivity contribution < 1.29 is 23.5 Å². The zero-order valence-corrected chi connectivity index (χ0v) is 16.0. The van der Waals surface area contributed by atoms with Gasteiger partial charge >= 0.3 is 0 Å². The Morgan fingerprint density at radius 1 is 1.11 bits per heavy atom. The zero-order valence-electron chi connectivity index (χ0n) is 15.3. The Balaban J connectivity index is 1.56. The number of nitrogens with one attached hydrogen (secondary N) is 1. The van der Waals surface area contributed by atoms with Crippen molar-refractivity contribution in [1.29, 1.82) is 0 Å². The van der Waals surface area contributed by atoms with Crippen LogP contribution in [0.1, 0.15) is 5.89 Å². The maximum absolute atomic E-state index is 11.9. The number of methoxy groups -OCH3 is 2. The summed E-state index contributed by atoms with van der Waals surface area (Å²) in [5.41, 5.74) is 0.695. The van der Waals surface area contributed by atoms with E-state index in [1.807, 2.05) is 0 Å². The smallest absolute Gasteiger partial charge is 0.258 e. The van der Waals surface area contributed by atoms with E-state index in [0.717, 1.165) is 0 Å². The first kappa shape index (κ1) is 19.5. The molecule has 146 valence electrons. The highest BCUT2D eigenvalue weighted by molar-refractivity contribution is 6.32. The number of rotatable bonds is 8. The highest BCUT2D eigenvalue weighted by atomic mass is 35.5. The molecular weight excluding hydrogens is 386 g/mol. The van der Waals surface area contributed by atoms with Crippen molar-refractivity contribution in [2.45, 2.75) is 6.54 Å². The van der Waals surface area contributed by atoms with E-state index >= 15 is 0 Å². The molecule has 3 rings (SSSR count). The lowest BCUT2D eigenvalue weighted by Gasteiger charge is -2.07. The highest BCUT2D eigenvalue weighted by Crippen LogP contribution is 2.31. The quantitative estimate of drug-likeness (QED) is 0.617. The Labute approximate surface area is 166 Å². The van der Waals surface area contributed by atoms with E-state index in [1.54, 1.807) is 56.7 Å². The second-order valence-electron chi connectivity index (χ2n) is 5.58. The zero-order chi connectivity index (χ0) is 19.9. The second-order valence-corrected chi connectivity index (χ2v) is 5.98. The third-order valence-corrected chi connectivity index (χ3v) is 4.05. The Hall–Kier alpha value is -3.26. The molecule has 0 radical (unpaired) electrons. The van der Waals surface area contributed by atoms with Crippen molar-refractivity contribution >= 4 is 17.5 Å². The van der Waals surface area contributed by atoms with Crippen molar-refractivity contribution in [1.82, 2.24) is 15.5 Å². The van der Waals surface area contributed by atoms with Crippen LogP contribution in [0.2, 0.25) is 5.02 Å². The Morgan fingerprint density at radius 3 is 2.64 bits per heavy atom. The van der Waals surface area contributed by atoms with Gasteiger partial charge in [-0.2, -0.15) is 4.98 Å². The molecule has 0 aliphatic heterocycles. The molecule has 1 N–H and O–H groups in total. The topological polar surface area (TPSA) is 95.7 Å². The summed E-state index contributed by atoms with van der Waals surface area (Å²) >= 11 is 5.98. The van der Waals surface area contributed by atoms with E-state index in [2.05, 4.69) is 15.5 Å². The fraction of sp³-hybridized carbons (Fsp3) is 0.211. The van der Waals surface area contributed by atoms with E-state index < -0.39 is 0 Å². The van der Waals surface area contributed by atoms with Crippen molar-refractivity contribution in [3.05, 3.63) is 53.4 Å². The van der Waals surface area contributed by atoms with Crippen LogP contribution >= 0.6 is 11.6 Å². The molecule has 28 heavy (non-hydrogen) atoms. The van der Waals surface area contributed by atoms with E-state index in [0.29, 0.717) is 33.7 Å². The Kier molecular flexibility index (Phi) is 6.33. The summed E-state index contributed by atoms with van der Waals surface area (Å²) in [7, 11) is 3.10. The van der Waals surface area contributed by atoms with Crippen LogP contribution in [0.5, 0.6) is 17.2 Å². The molecule has 0 unspecified atom stereocenters. The Bertz CT molecular complexity index is 960. The van der Waals surface area contributed by atoms with Gasteiger partial charge in [-0.05, 0) is 30.3 Å². The number of benzene rings is 2. The van der Waals surface area contributed by atoms with Crippen LogP contribution in [0.25, 0.3) is 11.4 Å². The lowest BCUT2D eigenvalue weighted by atomic mass is 10.2. The summed E-state index contributed by atoms with van der Waals surface area (Å²) in [6, 6.07) is 12.2. The summed E-state index contributed by atoms with van der Waals surface area (Å²) in [4.78, 5) is 16.2. The lowest BCUT2D eigenvalue weighted by molar-refractivity contribution is -0.123. The molecule has 0 aliphatic rings. The molecular formula is C19H18ClN3O5. The van der Waals surface area contributed by atoms with Crippen LogP contribution in [0, 0.1) is 0 Å². The number of para-hydroxylation sites is 1. The minimum atomic E-state index is -0.342. The molecule has 0 fully saturated rings. The molecule has 9 heteroatoms. The van der Waals surface area contributed by atoms with E-state index in [4.69, 9.17) is 30.3 Å². The minimum absolute atomic E-state index is 0.0744. The van der Waals surface area contributed by atoms with Gasteiger partial charge in [0.1, 0.15) is 5.75 Å².